The predicted octanol–water partition coefficient (Wildman–Crippen LogP) is 1.81. The van der Waals surface area contributed by atoms with Crippen LogP contribution in [0.5, 0.6) is 0 Å². The molecule has 1 unspecified atom stereocenters. The van der Waals surface area contributed by atoms with Gasteiger partial charge in [-0.25, -0.2) is 0 Å². The minimum absolute atomic E-state index is 0.125. The number of carbonyl (C=O) groups excluding carboxylic acids is 1. The van der Waals surface area contributed by atoms with E-state index in [1.54, 1.807) is 42.5 Å². The number of anilines is 1. The van der Waals surface area contributed by atoms with E-state index in [4.69, 9.17) is 5.11 Å². The first-order chi connectivity index (χ1) is 10.6. The molecule has 22 heavy (non-hydrogen) atoms. The fourth-order valence-electron chi connectivity index (χ4n) is 2.04. The number of carbonyl (C=O) groups is 1. The van der Waals surface area contributed by atoms with Gasteiger partial charge in [-0.2, -0.15) is 0 Å². The average molecular weight is 301 g/mol. The predicted molar refractivity (Wildman–Crippen MR) is 81.1 cm³/mol. The van der Waals surface area contributed by atoms with Crippen molar-refractivity contribution in [3.8, 4) is 0 Å². The Morgan fingerprint density at radius 3 is 2.41 bits per heavy atom. The molecule has 2 aromatic carbocycles. The maximum absolute atomic E-state index is 12.1. The van der Waals surface area contributed by atoms with Crippen LogP contribution in [0, 0.1) is 10.1 Å². The molecule has 1 amide bonds. The van der Waals surface area contributed by atoms with Crippen molar-refractivity contribution in [2.75, 3.05) is 12.0 Å². The second kappa shape index (κ2) is 7.19. The Morgan fingerprint density at radius 1 is 1.14 bits per heavy atom. The molecule has 0 fully saturated rings. The lowest BCUT2D eigenvalue weighted by Gasteiger charge is -2.19. The van der Waals surface area contributed by atoms with Crippen molar-refractivity contribution in [3.05, 3.63) is 70.3 Å². The van der Waals surface area contributed by atoms with Crippen molar-refractivity contribution >= 4 is 17.3 Å². The Kier molecular flexibility index (Phi) is 5.05. The average Bonchev–Trinajstić information content (AvgIpc) is 2.53. The van der Waals surface area contributed by atoms with E-state index >= 15 is 0 Å². The lowest BCUT2D eigenvalue weighted by molar-refractivity contribution is -0.384. The van der Waals surface area contributed by atoms with Gasteiger partial charge < -0.3 is 15.7 Å². The first-order valence-electron chi connectivity index (χ1n) is 6.57. The number of nitro benzene ring substituents is 1. The van der Waals surface area contributed by atoms with Gasteiger partial charge in [-0.1, -0.05) is 42.5 Å². The second-order valence-corrected chi connectivity index (χ2v) is 4.46. The van der Waals surface area contributed by atoms with Crippen LogP contribution >= 0.6 is 0 Å². The number of nitrogens with zero attached hydrogens (tertiary/aromatic N) is 1. The van der Waals surface area contributed by atoms with Crippen molar-refractivity contribution in [1.82, 2.24) is 5.32 Å². The number of amides is 1. The van der Waals surface area contributed by atoms with E-state index in [0.29, 0.717) is 5.56 Å². The molecule has 0 aromatic heterocycles. The number of hydrogen-bond donors (Lipinski definition) is 3. The highest BCUT2D eigenvalue weighted by Crippen LogP contribution is 2.28. The number of nitro groups is 1. The number of para-hydroxylation sites is 2. The molecule has 0 heterocycles. The van der Waals surface area contributed by atoms with E-state index in [1.807, 2.05) is 0 Å². The van der Waals surface area contributed by atoms with Crippen molar-refractivity contribution in [3.63, 3.8) is 0 Å². The van der Waals surface area contributed by atoms with Gasteiger partial charge in [0.2, 0.25) is 5.91 Å². The third-order valence-electron chi connectivity index (χ3n) is 3.05. The molecule has 0 aliphatic carbocycles. The standard InChI is InChI=1S/C15H15N3O4/c19-10-16-15(20)14(11-6-2-1-3-7-11)17-12-8-4-5-9-13(12)18(21)22/h1-9,14,17,19H,10H2,(H,16,20). The van der Waals surface area contributed by atoms with Gasteiger partial charge in [-0.3, -0.25) is 14.9 Å². The van der Waals surface area contributed by atoms with E-state index in [2.05, 4.69) is 10.6 Å². The van der Waals surface area contributed by atoms with Crippen LogP contribution in [0.1, 0.15) is 11.6 Å². The fourth-order valence-corrected chi connectivity index (χ4v) is 2.04. The molecule has 0 saturated heterocycles. The third kappa shape index (κ3) is 3.58. The Hall–Kier alpha value is -2.93. The highest BCUT2D eigenvalue weighted by Gasteiger charge is 2.23. The van der Waals surface area contributed by atoms with Gasteiger partial charge in [-0.15, -0.1) is 0 Å². The minimum Gasteiger partial charge on any atom is -0.376 e. The molecule has 0 saturated carbocycles. The van der Waals surface area contributed by atoms with Crippen LogP contribution in [0.15, 0.2) is 54.6 Å². The second-order valence-electron chi connectivity index (χ2n) is 4.46. The molecule has 1 atom stereocenters. The maximum atomic E-state index is 12.1. The van der Waals surface area contributed by atoms with Crippen LogP contribution in [0.25, 0.3) is 0 Å². The van der Waals surface area contributed by atoms with Gasteiger partial charge in [0.05, 0.1) is 4.92 Å². The molecule has 7 heteroatoms. The summed E-state index contributed by atoms with van der Waals surface area (Å²) < 4.78 is 0. The topological polar surface area (TPSA) is 104 Å². The normalized spacial score (nSPS) is 11.5. The molecule has 7 nitrogen and oxygen atoms in total. The minimum atomic E-state index is -0.852. The first-order valence-corrected chi connectivity index (χ1v) is 6.57. The van der Waals surface area contributed by atoms with Gasteiger partial charge >= 0.3 is 0 Å². The van der Waals surface area contributed by atoms with E-state index in [9.17, 15) is 14.9 Å². The fraction of sp³-hybridized carbons (Fsp3) is 0.133. The van der Waals surface area contributed by atoms with Crippen LogP contribution in [0.3, 0.4) is 0 Å². The number of aliphatic hydroxyl groups is 1. The monoisotopic (exact) mass is 301 g/mol. The quantitative estimate of drug-likeness (QED) is 0.429. The van der Waals surface area contributed by atoms with Crippen LogP contribution in [0.4, 0.5) is 11.4 Å². The van der Waals surface area contributed by atoms with Gasteiger partial charge in [0.1, 0.15) is 18.5 Å². The van der Waals surface area contributed by atoms with Crippen LogP contribution in [-0.2, 0) is 4.79 Å². The van der Waals surface area contributed by atoms with Gasteiger partial charge in [0.25, 0.3) is 5.69 Å². The summed E-state index contributed by atoms with van der Waals surface area (Å²) in [6.45, 7) is -0.513. The molecule has 3 N–H and O–H groups in total. The Labute approximate surface area is 126 Å². The molecule has 0 bridgehead atoms. The largest absolute Gasteiger partial charge is 0.376 e. The van der Waals surface area contributed by atoms with Crippen molar-refractivity contribution in [2.45, 2.75) is 6.04 Å². The first kappa shape index (κ1) is 15.5. The van der Waals surface area contributed by atoms with E-state index < -0.39 is 23.6 Å². The number of nitrogens with one attached hydrogen (secondary N) is 2. The molecular formula is C15H15N3O4. The molecule has 0 radical (unpaired) electrons. The summed E-state index contributed by atoms with van der Waals surface area (Å²) in [7, 11) is 0. The van der Waals surface area contributed by atoms with Gasteiger partial charge in [0.15, 0.2) is 0 Å². The van der Waals surface area contributed by atoms with Gasteiger partial charge in [0, 0.05) is 6.07 Å². The molecule has 2 aromatic rings. The maximum Gasteiger partial charge on any atom is 0.292 e. The SMILES string of the molecule is O=C(NCO)C(Nc1ccccc1[N+](=O)[O-])c1ccccc1. The Morgan fingerprint density at radius 2 is 1.77 bits per heavy atom. The smallest absolute Gasteiger partial charge is 0.292 e. The van der Waals surface area contributed by atoms with Crippen LogP contribution < -0.4 is 10.6 Å². The summed E-state index contributed by atoms with van der Waals surface area (Å²) in [5, 5.41) is 25.1. The van der Waals surface area contributed by atoms with Crippen LogP contribution in [0.2, 0.25) is 0 Å². The zero-order valence-corrected chi connectivity index (χ0v) is 11.6. The highest BCUT2D eigenvalue weighted by molar-refractivity contribution is 5.86. The number of hydrogen-bond acceptors (Lipinski definition) is 5. The summed E-state index contributed by atoms with van der Waals surface area (Å²) in [6, 6.07) is 14.0. The summed E-state index contributed by atoms with van der Waals surface area (Å²) in [5.41, 5.74) is 0.737. The lowest BCUT2D eigenvalue weighted by Crippen LogP contribution is -2.34. The van der Waals surface area contributed by atoms with E-state index in [0.717, 1.165) is 0 Å². The highest BCUT2D eigenvalue weighted by atomic mass is 16.6. The van der Waals surface area contributed by atoms with E-state index in [-0.39, 0.29) is 11.4 Å². The molecule has 0 aliphatic heterocycles. The number of rotatable bonds is 6. The summed E-state index contributed by atoms with van der Waals surface area (Å²) in [5.74, 6) is -0.480. The molecule has 114 valence electrons. The summed E-state index contributed by atoms with van der Waals surface area (Å²) >= 11 is 0. The third-order valence-corrected chi connectivity index (χ3v) is 3.05. The summed E-state index contributed by atoms with van der Waals surface area (Å²) in [6.07, 6.45) is 0. The lowest BCUT2D eigenvalue weighted by atomic mass is 10.1. The molecule has 0 spiro atoms. The van der Waals surface area contributed by atoms with Crippen molar-refractivity contribution in [2.24, 2.45) is 0 Å². The summed E-state index contributed by atoms with van der Waals surface area (Å²) in [4.78, 5) is 22.7. The zero-order valence-electron chi connectivity index (χ0n) is 11.6. The zero-order chi connectivity index (χ0) is 15.9. The molecule has 2 rings (SSSR count). The van der Waals surface area contributed by atoms with Crippen molar-refractivity contribution < 1.29 is 14.8 Å². The molecular weight excluding hydrogens is 286 g/mol. The van der Waals surface area contributed by atoms with Crippen molar-refractivity contribution in [1.29, 1.82) is 0 Å². The Bertz CT molecular complexity index is 661. The Balaban J connectivity index is 2.35. The number of benzene rings is 2. The number of aliphatic hydroxyl groups excluding tert-OH is 1. The van der Waals surface area contributed by atoms with Crippen LogP contribution in [-0.4, -0.2) is 22.7 Å². The van der Waals surface area contributed by atoms with E-state index in [1.165, 1.54) is 12.1 Å². The molecule has 0 aliphatic rings. The van der Waals surface area contributed by atoms with Gasteiger partial charge in [-0.05, 0) is 11.6 Å².